The van der Waals surface area contributed by atoms with Crippen LogP contribution in [0.25, 0.3) is 0 Å². The number of rotatable bonds is 3. The molecule has 3 fully saturated rings. The van der Waals surface area contributed by atoms with Crippen LogP contribution in [0.5, 0.6) is 0 Å². The third kappa shape index (κ3) is 2.14. The Labute approximate surface area is 98.4 Å². The lowest BCUT2D eigenvalue weighted by Crippen LogP contribution is -2.41. The minimum Gasteiger partial charge on any atom is -0.393 e. The average Bonchev–Trinajstić information content (AvgIpc) is 2.72. The predicted octanol–water partition coefficient (Wildman–Crippen LogP) is 2.60. The van der Waals surface area contributed by atoms with E-state index in [1.54, 1.807) is 0 Å². The fraction of sp³-hybridized carbons (Fsp3) is 1.00. The molecule has 1 aliphatic heterocycles. The second kappa shape index (κ2) is 4.66. The molecule has 0 spiro atoms. The molecule has 3 rings (SSSR count). The number of ether oxygens (including phenoxy) is 1. The normalized spacial score (nSPS) is 47.4. The minimum atomic E-state index is 0.00591. The number of hydrogen-bond donors (Lipinski definition) is 1. The summed E-state index contributed by atoms with van der Waals surface area (Å²) in [6, 6.07) is 0. The summed E-state index contributed by atoms with van der Waals surface area (Å²) >= 11 is 0. The molecule has 1 unspecified atom stereocenters. The van der Waals surface area contributed by atoms with E-state index in [1.165, 1.54) is 32.1 Å². The molecular formula is C14H24O2. The van der Waals surface area contributed by atoms with Gasteiger partial charge in [0.15, 0.2) is 0 Å². The van der Waals surface area contributed by atoms with Gasteiger partial charge < -0.3 is 9.84 Å². The lowest BCUT2D eigenvalue weighted by atomic mass is 9.59. The quantitative estimate of drug-likeness (QED) is 0.798. The van der Waals surface area contributed by atoms with E-state index in [2.05, 4.69) is 0 Å². The molecule has 1 heterocycles. The van der Waals surface area contributed by atoms with Crippen molar-refractivity contribution in [2.24, 2.45) is 23.7 Å². The summed E-state index contributed by atoms with van der Waals surface area (Å²) < 4.78 is 5.43. The van der Waals surface area contributed by atoms with Crippen LogP contribution in [0.15, 0.2) is 0 Å². The first-order valence-corrected chi connectivity index (χ1v) is 7.08. The molecule has 0 aromatic rings. The molecule has 0 bridgehead atoms. The van der Waals surface area contributed by atoms with Gasteiger partial charge in [0, 0.05) is 13.2 Å². The Hall–Kier alpha value is -0.0800. The van der Waals surface area contributed by atoms with E-state index in [0.29, 0.717) is 0 Å². The Morgan fingerprint density at radius 2 is 2.00 bits per heavy atom. The van der Waals surface area contributed by atoms with Crippen molar-refractivity contribution < 1.29 is 9.84 Å². The van der Waals surface area contributed by atoms with Crippen LogP contribution in [0.3, 0.4) is 0 Å². The Morgan fingerprint density at radius 1 is 1.06 bits per heavy atom. The van der Waals surface area contributed by atoms with E-state index >= 15 is 0 Å². The second-order valence-electron chi connectivity index (χ2n) is 6.19. The molecule has 2 heteroatoms. The van der Waals surface area contributed by atoms with Crippen molar-refractivity contribution in [2.45, 2.75) is 51.0 Å². The van der Waals surface area contributed by atoms with Crippen molar-refractivity contribution in [3.63, 3.8) is 0 Å². The number of aliphatic hydroxyl groups excluding tert-OH is 1. The van der Waals surface area contributed by atoms with E-state index in [9.17, 15) is 5.11 Å². The van der Waals surface area contributed by atoms with E-state index < -0.39 is 0 Å². The molecule has 2 saturated carbocycles. The number of fused-ring (bicyclic) bond motifs is 1. The largest absolute Gasteiger partial charge is 0.393 e. The van der Waals surface area contributed by atoms with Gasteiger partial charge in [0.05, 0.1) is 6.10 Å². The lowest BCUT2D eigenvalue weighted by molar-refractivity contribution is -0.0300. The topological polar surface area (TPSA) is 29.5 Å². The van der Waals surface area contributed by atoms with Gasteiger partial charge in [-0.25, -0.2) is 0 Å². The van der Waals surface area contributed by atoms with Crippen LogP contribution in [-0.2, 0) is 4.74 Å². The van der Waals surface area contributed by atoms with Crippen molar-refractivity contribution in [2.75, 3.05) is 13.2 Å². The SMILES string of the molecule is O[C@@H]1C[C@@H](CC[C@H]2CCOC2)C2CC[C@H]2C1. The van der Waals surface area contributed by atoms with Crippen LogP contribution in [0.4, 0.5) is 0 Å². The first-order chi connectivity index (χ1) is 7.83. The van der Waals surface area contributed by atoms with Gasteiger partial charge in [0.2, 0.25) is 0 Å². The summed E-state index contributed by atoms with van der Waals surface area (Å²) in [4.78, 5) is 0. The van der Waals surface area contributed by atoms with Gasteiger partial charge >= 0.3 is 0 Å². The van der Waals surface area contributed by atoms with Gasteiger partial charge in [0.25, 0.3) is 0 Å². The van der Waals surface area contributed by atoms with Gasteiger partial charge in [-0.2, -0.15) is 0 Å². The highest BCUT2D eigenvalue weighted by molar-refractivity contribution is 4.92. The average molecular weight is 224 g/mol. The standard InChI is InChI=1S/C14H24O2/c15-13-7-11(14-4-3-12(14)8-13)2-1-10-5-6-16-9-10/h10-15H,1-9H2/t10-,11+,12-,13+,14?/m0/s1. The van der Waals surface area contributed by atoms with Crippen molar-refractivity contribution in [1.82, 2.24) is 0 Å². The Kier molecular flexibility index (Phi) is 3.21. The Morgan fingerprint density at radius 3 is 2.69 bits per heavy atom. The van der Waals surface area contributed by atoms with E-state index in [1.807, 2.05) is 0 Å². The van der Waals surface area contributed by atoms with E-state index in [4.69, 9.17) is 4.74 Å². The highest BCUT2D eigenvalue weighted by Crippen LogP contribution is 2.49. The maximum Gasteiger partial charge on any atom is 0.0545 e. The van der Waals surface area contributed by atoms with Crippen molar-refractivity contribution in [1.29, 1.82) is 0 Å². The maximum atomic E-state index is 9.87. The minimum absolute atomic E-state index is 0.00591. The second-order valence-corrected chi connectivity index (χ2v) is 6.19. The highest BCUT2D eigenvalue weighted by Gasteiger charge is 2.42. The molecule has 16 heavy (non-hydrogen) atoms. The molecule has 1 N–H and O–H groups in total. The van der Waals surface area contributed by atoms with Crippen LogP contribution in [0, 0.1) is 23.7 Å². The molecule has 5 atom stereocenters. The fourth-order valence-corrected chi connectivity index (χ4v) is 4.07. The number of hydrogen-bond acceptors (Lipinski definition) is 2. The van der Waals surface area contributed by atoms with Gasteiger partial charge in [-0.3, -0.25) is 0 Å². The predicted molar refractivity (Wildman–Crippen MR) is 63.1 cm³/mol. The molecule has 0 amide bonds. The van der Waals surface area contributed by atoms with Gasteiger partial charge in [0.1, 0.15) is 0 Å². The summed E-state index contributed by atoms with van der Waals surface area (Å²) in [6.45, 7) is 1.97. The molecule has 0 aromatic heterocycles. The van der Waals surface area contributed by atoms with Crippen LogP contribution >= 0.6 is 0 Å². The van der Waals surface area contributed by atoms with Gasteiger partial charge in [-0.05, 0) is 68.6 Å². The third-order valence-corrected chi connectivity index (χ3v) is 5.20. The van der Waals surface area contributed by atoms with Crippen molar-refractivity contribution in [3.8, 4) is 0 Å². The molecule has 2 nitrogen and oxygen atoms in total. The Balaban J connectivity index is 1.49. The highest BCUT2D eigenvalue weighted by atomic mass is 16.5. The van der Waals surface area contributed by atoms with Crippen LogP contribution in [0.2, 0.25) is 0 Å². The molecule has 2 aliphatic carbocycles. The first-order valence-electron chi connectivity index (χ1n) is 7.08. The molecular weight excluding hydrogens is 200 g/mol. The Bertz CT molecular complexity index is 235. The third-order valence-electron chi connectivity index (χ3n) is 5.20. The summed E-state index contributed by atoms with van der Waals surface area (Å²) in [6.07, 6.45) is 8.93. The van der Waals surface area contributed by atoms with Crippen LogP contribution < -0.4 is 0 Å². The summed E-state index contributed by atoms with van der Waals surface area (Å²) in [5, 5.41) is 9.87. The zero-order valence-electron chi connectivity index (χ0n) is 10.1. The zero-order chi connectivity index (χ0) is 11.0. The molecule has 0 aromatic carbocycles. The van der Waals surface area contributed by atoms with Crippen LogP contribution in [-0.4, -0.2) is 24.4 Å². The molecule has 3 aliphatic rings. The first kappa shape index (κ1) is 11.0. The van der Waals surface area contributed by atoms with E-state index in [-0.39, 0.29) is 6.10 Å². The molecule has 0 radical (unpaired) electrons. The van der Waals surface area contributed by atoms with Crippen LogP contribution in [0.1, 0.15) is 44.9 Å². The van der Waals surface area contributed by atoms with Crippen molar-refractivity contribution in [3.05, 3.63) is 0 Å². The fourth-order valence-electron chi connectivity index (χ4n) is 4.07. The van der Waals surface area contributed by atoms with Gasteiger partial charge in [-0.1, -0.05) is 0 Å². The monoisotopic (exact) mass is 224 g/mol. The summed E-state index contributed by atoms with van der Waals surface area (Å²) in [7, 11) is 0. The maximum absolute atomic E-state index is 9.87. The lowest BCUT2D eigenvalue weighted by Gasteiger charge is -2.48. The van der Waals surface area contributed by atoms with Crippen molar-refractivity contribution >= 4 is 0 Å². The summed E-state index contributed by atoms with van der Waals surface area (Å²) in [5.41, 5.74) is 0. The van der Waals surface area contributed by atoms with Gasteiger partial charge in [-0.15, -0.1) is 0 Å². The number of aliphatic hydroxyl groups is 1. The summed E-state index contributed by atoms with van der Waals surface area (Å²) in [5.74, 6) is 3.47. The molecule has 1 saturated heterocycles. The van der Waals surface area contributed by atoms with E-state index in [0.717, 1.165) is 49.7 Å². The molecule has 92 valence electrons. The zero-order valence-corrected chi connectivity index (χ0v) is 10.1. The smallest absolute Gasteiger partial charge is 0.0545 e.